The third kappa shape index (κ3) is 5.38. The van der Waals surface area contributed by atoms with Crippen LogP contribution in [0.4, 0.5) is 13.2 Å². The van der Waals surface area contributed by atoms with Crippen LogP contribution in [0.2, 0.25) is 0 Å². The molecule has 1 aromatic carbocycles. The summed E-state index contributed by atoms with van der Waals surface area (Å²) < 4.78 is 37.7. The summed E-state index contributed by atoms with van der Waals surface area (Å²) in [5, 5.41) is 3.27. The second-order valence-corrected chi connectivity index (χ2v) is 6.23. The summed E-state index contributed by atoms with van der Waals surface area (Å²) >= 11 is 0. The smallest absolute Gasteiger partial charge is 0.342 e. The second-order valence-electron chi connectivity index (χ2n) is 6.23. The van der Waals surface area contributed by atoms with Crippen LogP contribution in [0.15, 0.2) is 24.3 Å². The summed E-state index contributed by atoms with van der Waals surface area (Å²) in [5.74, 6) is -0.191. The molecule has 0 spiro atoms. The number of hydrogen-bond acceptors (Lipinski definition) is 2. The Labute approximate surface area is 147 Å². The van der Waals surface area contributed by atoms with E-state index in [9.17, 15) is 18.0 Å². The second kappa shape index (κ2) is 8.72. The lowest BCUT2D eigenvalue weighted by Gasteiger charge is -2.33. The molecule has 1 saturated heterocycles. The van der Waals surface area contributed by atoms with E-state index in [1.165, 1.54) is 12.1 Å². The van der Waals surface area contributed by atoms with Crippen molar-refractivity contribution in [3.8, 4) is 0 Å². The van der Waals surface area contributed by atoms with Crippen molar-refractivity contribution in [1.29, 1.82) is 0 Å². The number of piperidine rings is 1. The van der Waals surface area contributed by atoms with Crippen molar-refractivity contribution >= 4 is 18.3 Å². The van der Waals surface area contributed by atoms with Gasteiger partial charge in [-0.1, -0.05) is 19.1 Å². The molecule has 1 unspecified atom stereocenters. The quantitative estimate of drug-likeness (QED) is 0.886. The molecule has 0 aliphatic carbocycles. The van der Waals surface area contributed by atoms with E-state index in [0.29, 0.717) is 6.42 Å². The Morgan fingerprint density at radius 2 is 1.79 bits per heavy atom. The fourth-order valence-electron chi connectivity index (χ4n) is 2.99. The van der Waals surface area contributed by atoms with E-state index < -0.39 is 11.7 Å². The summed E-state index contributed by atoms with van der Waals surface area (Å²) in [6.07, 6.45) is -1.99. The third-order valence-electron chi connectivity index (χ3n) is 4.45. The maximum absolute atomic E-state index is 12.6. The van der Waals surface area contributed by atoms with Crippen molar-refractivity contribution in [2.45, 2.75) is 38.4 Å². The van der Waals surface area contributed by atoms with Gasteiger partial charge in [-0.05, 0) is 50.0 Å². The minimum atomic E-state index is -4.32. The van der Waals surface area contributed by atoms with Crippen LogP contribution in [-0.2, 0) is 17.4 Å². The maximum atomic E-state index is 12.6. The Kier molecular flexibility index (Phi) is 7.55. The zero-order chi connectivity index (χ0) is 17.0. The monoisotopic (exact) mass is 364 g/mol. The first-order valence-electron chi connectivity index (χ1n) is 7.92. The molecule has 3 nitrogen and oxygen atoms in total. The minimum Gasteiger partial charge on any atom is -0.342 e. The van der Waals surface area contributed by atoms with Crippen molar-refractivity contribution in [2.75, 3.05) is 20.1 Å². The fourth-order valence-corrected chi connectivity index (χ4v) is 2.99. The van der Waals surface area contributed by atoms with E-state index in [-0.39, 0.29) is 30.3 Å². The molecule has 1 atom stereocenters. The van der Waals surface area contributed by atoms with E-state index in [1.54, 1.807) is 4.90 Å². The molecule has 0 saturated carbocycles. The first kappa shape index (κ1) is 20.8. The number of amides is 1. The van der Waals surface area contributed by atoms with Crippen LogP contribution in [0.25, 0.3) is 0 Å². The van der Waals surface area contributed by atoms with Crippen molar-refractivity contribution < 1.29 is 18.0 Å². The van der Waals surface area contributed by atoms with Crippen molar-refractivity contribution in [2.24, 2.45) is 5.92 Å². The van der Waals surface area contributed by atoms with E-state index in [1.807, 2.05) is 14.0 Å². The number of nitrogens with one attached hydrogen (secondary N) is 1. The standard InChI is InChI=1S/C17H23F3N2O.ClH/c1-12(16(23)22(2)15-7-9-21-10-8-15)11-13-3-5-14(6-4-13)17(18,19)20;/h3-6,12,15,21H,7-11H2,1-2H3;1H. The number of nitrogens with zero attached hydrogens (tertiary/aromatic N) is 1. The number of carbonyl (C=O) groups excluding carboxylic acids is 1. The molecule has 1 N–H and O–H groups in total. The van der Waals surface area contributed by atoms with Crippen LogP contribution >= 0.6 is 12.4 Å². The normalized spacial score (nSPS) is 17.0. The molecule has 0 bridgehead atoms. The van der Waals surface area contributed by atoms with Crippen LogP contribution in [0.1, 0.15) is 30.9 Å². The zero-order valence-electron chi connectivity index (χ0n) is 13.9. The average Bonchev–Trinajstić information content (AvgIpc) is 2.54. The predicted molar refractivity (Wildman–Crippen MR) is 90.2 cm³/mol. The third-order valence-corrected chi connectivity index (χ3v) is 4.45. The molecule has 2 rings (SSSR count). The first-order chi connectivity index (χ1) is 10.8. The molecule has 1 aliphatic heterocycles. The van der Waals surface area contributed by atoms with Crippen LogP contribution in [-0.4, -0.2) is 37.0 Å². The van der Waals surface area contributed by atoms with Crippen molar-refractivity contribution in [3.05, 3.63) is 35.4 Å². The van der Waals surface area contributed by atoms with E-state index in [4.69, 9.17) is 0 Å². The van der Waals surface area contributed by atoms with Gasteiger partial charge in [0.2, 0.25) is 5.91 Å². The van der Waals surface area contributed by atoms with Gasteiger partial charge in [0.15, 0.2) is 0 Å². The van der Waals surface area contributed by atoms with Gasteiger partial charge in [0.1, 0.15) is 0 Å². The molecule has 1 aromatic rings. The molecule has 136 valence electrons. The molecule has 1 amide bonds. The number of benzene rings is 1. The highest BCUT2D eigenvalue weighted by molar-refractivity contribution is 5.85. The fraction of sp³-hybridized carbons (Fsp3) is 0.588. The summed E-state index contributed by atoms with van der Waals surface area (Å²) in [4.78, 5) is 14.3. The van der Waals surface area contributed by atoms with Gasteiger partial charge in [-0.2, -0.15) is 13.2 Å². The Morgan fingerprint density at radius 3 is 2.29 bits per heavy atom. The topological polar surface area (TPSA) is 32.3 Å². The molecule has 1 aliphatic rings. The van der Waals surface area contributed by atoms with Gasteiger partial charge in [-0.25, -0.2) is 0 Å². The molecule has 0 radical (unpaired) electrons. The summed E-state index contributed by atoms with van der Waals surface area (Å²) in [6.45, 7) is 3.66. The number of carbonyl (C=O) groups is 1. The maximum Gasteiger partial charge on any atom is 0.416 e. The summed E-state index contributed by atoms with van der Waals surface area (Å²) in [7, 11) is 1.82. The number of alkyl halides is 3. The SMILES string of the molecule is CC(Cc1ccc(C(F)(F)F)cc1)C(=O)N(C)C1CCNCC1.Cl. The van der Waals surface area contributed by atoms with Gasteiger partial charge in [0.25, 0.3) is 0 Å². The van der Waals surface area contributed by atoms with Gasteiger partial charge >= 0.3 is 6.18 Å². The van der Waals surface area contributed by atoms with Crippen molar-refractivity contribution in [3.63, 3.8) is 0 Å². The average molecular weight is 365 g/mol. The van der Waals surface area contributed by atoms with E-state index in [2.05, 4.69) is 5.32 Å². The lowest BCUT2D eigenvalue weighted by Crippen LogP contribution is -2.45. The van der Waals surface area contributed by atoms with Gasteiger partial charge in [0, 0.05) is 19.0 Å². The summed E-state index contributed by atoms with van der Waals surface area (Å²) in [5.41, 5.74) is 0.0876. The van der Waals surface area contributed by atoms with Gasteiger partial charge in [0.05, 0.1) is 5.56 Å². The molecule has 1 heterocycles. The highest BCUT2D eigenvalue weighted by Crippen LogP contribution is 2.29. The Balaban J connectivity index is 0.00000288. The molecule has 7 heteroatoms. The number of halogens is 4. The van der Waals surface area contributed by atoms with E-state index >= 15 is 0 Å². The van der Waals surface area contributed by atoms with Crippen LogP contribution in [0, 0.1) is 5.92 Å². The van der Waals surface area contributed by atoms with Crippen LogP contribution < -0.4 is 5.32 Å². The Hall–Kier alpha value is -1.27. The molecule has 1 fully saturated rings. The largest absolute Gasteiger partial charge is 0.416 e. The Bertz CT molecular complexity index is 528. The molecule has 24 heavy (non-hydrogen) atoms. The Morgan fingerprint density at radius 1 is 1.25 bits per heavy atom. The first-order valence-corrected chi connectivity index (χ1v) is 7.92. The lowest BCUT2D eigenvalue weighted by atomic mass is 9.97. The van der Waals surface area contributed by atoms with Crippen LogP contribution in [0.3, 0.4) is 0 Å². The summed E-state index contributed by atoms with van der Waals surface area (Å²) in [6, 6.07) is 5.30. The number of rotatable bonds is 4. The molecular weight excluding hydrogens is 341 g/mol. The van der Waals surface area contributed by atoms with Gasteiger partial charge in [-0.3, -0.25) is 4.79 Å². The highest BCUT2D eigenvalue weighted by atomic mass is 35.5. The highest BCUT2D eigenvalue weighted by Gasteiger charge is 2.30. The molecular formula is C17H24ClF3N2O. The lowest BCUT2D eigenvalue weighted by molar-refractivity contribution is -0.138. The minimum absolute atomic E-state index is 0. The van der Waals surface area contributed by atoms with Crippen LogP contribution in [0.5, 0.6) is 0 Å². The number of hydrogen-bond donors (Lipinski definition) is 1. The molecule has 0 aromatic heterocycles. The van der Waals surface area contributed by atoms with Gasteiger partial charge in [-0.15, -0.1) is 12.4 Å². The predicted octanol–water partition coefficient (Wildman–Crippen LogP) is 3.52. The van der Waals surface area contributed by atoms with Gasteiger partial charge < -0.3 is 10.2 Å². The van der Waals surface area contributed by atoms with Crippen molar-refractivity contribution in [1.82, 2.24) is 10.2 Å². The zero-order valence-corrected chi connectivity index (χ0v) is 14.7. The van der Waals surface area contributed by atoms with E-state index in [0.717, 1.165) is 43.6 Å².